The first-order chi connectivity index (χ1) is 13.8. The van der Waals surface area contributed by atoms with Gasteiger partial charge in [0.2, 0.25) is 0 Å². The molecule has 0 saturated carbocycles. The van der Waals surface area contributed by atoms with Crippen molar-refractivity contribution in [3.05, 3.63) is 51.4 Å². The topological polar surface area (TPSA) is 79.2 Å². The maximum atomic E-state index is 12.7. The summed E-state index contributed by atoms with van der Waals surface area (Å²) in [4.78, 5) is 25.2. The molecule has 1 aliphatic carbocycles. The first-order valence-corrected chi connectivity index (χ1v) is 9.80. The van der Waals surface area contributed by atoms with Crippen LogP contribution in [0.15, 0.2) is 24.3 Å². The predicted octanol–water partition coefficient (Wildman–Crippen LogP) is 4.70. The van der Waals surface area contributed by atoms with Gasteiger partial charge >= 0.3 is 12.1 Å². The lowest BCUT2D eigenvalue weighted by atomic mass is 10.1. The molecule has 29 heavy (non-hydrogen) atoms. The first-order valence-electron chi connectivity index (χ1n) is 8.98. The van der Waals surface area contributed by atoms with Crippen LogP contribution in [0.2, 0.25) is 0 Å². The van der Waals surface area contributed by atoms with E-state index in [1.165, 1.54) is 17.4 Å². The van der Waals surface area contributed by atoms with Crippen LogP contribution >= 0.6 is 11.3 Å². The standard InChI is InChI=1S/C20H17F3N2O3S/c21-20(22,23)13-6-4-5-12(9-13)19(27)28-11-17(26)25-18-15(10-24)14-7-2-1-3-8-16(14)29-18/h4-6,9H,1-3,7-8,11H2,(H,25,26). The average Bonchev–Trinajstić information content (AvgIpc) is 2.84. The van der Waals surface area contributed by atoms with E-state index in [2.05, 4.69) is 11.4 Å². The Balaban J connectivity index is 1.64. The zero-order valence-corrected chi connectivity index (χ0v) is 16.1. The Morgan fingerprint density at radius 1 is 1.21 bits per heavy atom. The number of aryl methyl sites for hydroxylation is 1. The molecule has 0 unspecified atom stereocenters. The van der Waals surface area contributed by atoms with Gasteiger partial charge in [-0.3, -0.25) is 4.79 Å². The number of carbonyl (C=O) groups is 2. The van der Waals surface area contributed by atoms with Crippen molar-refractivity contribution >= 4 is 28.2 Å². The molecule has 0 bridgehead atoms. The van der Waals surface area contributed by atoms with Crippen molar-refractivity contribution in [1.82, 2.24) is 0 Å². The summed E-state index contributed by atoms with van der Waals surface area (Å²) in [6.07, 6.45) is 0.170. The van der Waals surface area contributed by atoms with Crippen molar-refractivity contribution < 1.29 is 27.5 Å². The number of rotatable bonds is 4. The normalized spacial score (nSPS) is 13.7. The monoisotopic (exact) mass is 422 g/mol. The second kappa shape index (κ2) is 8.66. The summed E-state index contributed by atoms with van der Waals surface area (Å²) >= 11 is 1.34. The quantitative estimate of drug-likeness (QED) is 0.572. The lowest BCUT2D eigenvalue weighted by Gasteiger charge is -2.09. The number of benzene rings is 1. The van der Waals surface area contributed by atoms with Crippen molar-refractivity contribution in [2.45, 2.75) is 38.3 Å². The first kappa shape index (κ1) is 20.9. The number of nitrogens with one attached hydrogen (secondary N) is 1. The fourth-order valence-corrected chi connectivity index (χ4v) is 4.40. The van der Waals surface area contributed by atoms with Crippen LogP contribution in [-0.4, -0.2) is 18.5 Å². The van der Waals surface area contributed by atoms with E-state index in [0.717, 1.165) is 54.7 Å². The number of amides is 1. The molecule has 5 nitrogen and oxygen atoms in total. The van der Waals surface area contributed by atoms with E-state index in [1.54, 1.807) is 0 Å². The Morgan fingerprint density at radius 2 is 1.97 bits per heavy atom. The third-order valence-corrected chi connectivity index (χ3v) is 5.75. The summed E-state index contributed by atoms with van der Waals surface area (Å²) in [7, 11) is 0. The van der Waals surface area contributed by atoms with Crippen LogP contribution in [-0.2, 0) is 28.5 Å². The fourth-order valence-electron chi connectivity index (χ4n) is 3.15. The number of hydrogen-bond donors (Lipinski definition) is 1. The van der Waals surface area contributed by atoms with E-state index < -0.39 is 30.2 Å². The second-order valence-electron chi connectivity index (χ2n) is 6.58. The number of fused-ring (bicyclic) bond motifs is 1. The predicted molar refractivity (Wildman–Crippen MR) is 101 cm³/mol. The maximum absolute atomic E-state index is 12.7. The van der Waals surface area contributed by atoms with Gasteiger partial charge in [0.1, 0.15) is 11.1 Å². The highest BCUT2D eigenvalue weighted by molar-refractivity contribution is 7.16. The lowest BCUT2D eigenvalue weighted by Crippen LogP contribution is -2.21. The van der Waals surface area contributed by atoms with Crippen molar-refractivity contribution in [1.29, 1.82) is 5.26 Å². The molecule has 1 aromatic carbocycles. The second-order valence-corrected chi connectivity index (χ2v) is 7.69. The SMILES string of the molecule is N#Cc1c(NC(=O)COC(=O)c2cccc(C(F)(F)F)c2)sc2c1CCCCC2. The fraction of sp³-hybridized carbons (Fsp3) is 0.350. The zero-order valence-electron chi connectivity index (χ0n) is 15.3. The van der Waals surface area contributed by atoms with Gasteiger partial charge in [-0.05, 0) is 49.4 Å². The number of thiophene rings is 1. The van der Waals surface area contributed by atoms with Crippen molar-refractivity contribution in [2.75, 3.05) is 11.9 Å². The number of esters is 1. The number of nitrogens with zero attached hydrogens (tertiary/aromatic N) is 1. The molecular weight excluding hydrogens is 405 g/mol. The molecule has 0 atom stereocenters. The summed E-state index contributed by atoms with van der Waals surface area (Å²) in [5, 5.41) is 12.5. The Labute approximate surface area is 169 Å². The smallest absolute Gasteiger partial charge is 0.416 e. The van der Waals surface area contributed by atoms with Gasteiger partial charge in [-0.1, -0.05) is 12.5 Å². The lowest BCUT2D eigenvalue weighted by molar-refractivity contribution is -0.137. The molecule has 152 valence electrons. The molecular formula is C20H17F3N2O3S. The van der Waals surface area contributed by atoms with E-state index in [-0.39, 0.29) is 5.56 Å². The molecule has 1 amide bonds. The van der Waals surface area contributed by atoms with Crippen LogP contribution in [0.5, 0.6) is 0 Å². The van der Waals surface area contributed by atoms with Gasteiger partial charge in [0.05, 0.1) is 16.7 Å². The van der Waals surface area contributed by atoms with Crippen LogP contribution in [0, 0.1) is 11.3 Å². The number of anilines is 1. The van der Waals surface area contributed by atoms with E-state index in [9.17, 15) is 28.0 Å². The number of alkyl halides is 3. The number of hydrogen-bond acceptors (Lipinski definition) is 5. The average molecular weight is 422 g/mol. The van der Waals surface area contributed by atoms with Crippen LogP contribution in [0.3, 0.4) is 0 Å². The molecule has 0 spiro atoms. The number of nitriles is 1. The highest BCUT2D eigenvalue weighted by Gasteiger charge is 2.31. The minimum absolute atomic E-state index is 0.298. The Hall–Kier alpha value is -2.86. The van der Waals surface area contributed by atoms with Crippen molar-refractivity contribution in [3.8, 4) is 6.07 Å². The number of carbonyl (C=O) groups excluding carboxylic acids is 2. The van der Waals surface area contributed by atoms with E-state index in [1.807, 2.05) is 0 Å². The van der Waals surface area contributed by atoms with E-state index in [0.29, 0.717) is 16.6 Å². The Morgan fingerprint density at radius 3 is 2.69 bits per heavy atom. The largest absolute Gasteiger partial charge is 0.452 e. The highest BCUT2D eigenvalue weighted by Crippen LogP contribution is 2.37. The van der Waals surface area contributed by atoms with Gasteiger partial charge in [-0.2, -0.15) is 18.4 Å². The molecule has 0 fully saturated rings. The molecule has 9 heteroatoms. The number of ether oxygens (including phenoxy) is 1. The summed E-state index contributed by atoms with van der Waals surface area (Å²) < 4.78 is 43.1. The third kappa shape index (κ3) is 4.95. The minimum atomic E-state index is -4.58. The molecule has 0 aliphatic heterocycles. The third-order valence-electron chi connectivity index (χ3n) is 4.55. The Bertz CT molecular complexity index is 976. The van der Waals surface area contributed by atoms with Gasteiger partial charge < -0.3 is 10.1 Å². The minimum Gasteiger partial charge on any atom is -0.452 e. The maximum Gasteiger partial charge on any atom is 0.416 e. The van der Waals surface area contributed by atoms with Crippen LogP contribution < -0.4 is 5.32 Å². The molecule has 3 rings (SSSR count). The summed E-state index contributed by atoms with van der Waals surface area (Å²) in [5.74, 6) is -1.69. The molecule has 0 radical (unpaired) electrons. The number of halogens is 3. The van der Waals surface area contributed by atoms with Gasteiger partial charge in [0, 0.05) is 4.88 Å². The van der Waals surface area contributed by atoms with Gasteiger partial charge in [-0.25, -0.2) is 4.79 Å². The summed E-state index contributed by atoms with van der Waals surface area (Å²) in [6.45, 7) is -0.664. The van der Waals surface area contributed by atoms with Crippen LogP contribution in [0.4, 0.5) is 18.2 Å². The Kier molecular flexibility index (Phi) is 6.23. The van der Waals surface area contributed by atoms with E-state index >= 15 is 0 Å². The van der Waals surface area contributed by atoms with Crippen molar-refractivity contribution in [3.63, 3.8) is 0 Å². The van der Waals surface area contributed by atoms with Crippen molar-refractivity contribution in [2.24, 2.45) is 0 Å². The van der Waals surface area contributed by atoms with E-state index in [4.69, 9.17) is 4.74 Å². The summed E-state index contributed by atoms with van der Waals surface area (Å²) in [5.41, 5.74) is 0.124. The van der Waals surface area contributed by atoms with Crippen LogP contribution in [0.1, 0.15) is 51.2 Å². The molecule has 2 aromatic rings. The molecule has 1 aliphatic rings. The summed E-state index contributed by atoms with van der Waals surface area (Å²) in [6, 6.07) is 5.92. The molecule has 1 heterocycles. The highest BCUT2D eigenvalue weighted by atomic mass is 32.1. The van der Waals surface area contributed by atoms with Crippen LogP contribution in [0.25, 0.3) is 0 Å². The molecule has 1 aromatic heterocycles. The molecule has 0 saturated heterocycles. The van der Waals surface area contributed by atoms with Gasteiger partial charge in [0.25, 0.3) is 5.91 Å². The molecule has 1 N–H and O–H groups in total. The van der Waals surface area contributed by atoms with Gasteiger partial charge in [0.15, 0.2) is 6.61 Å². The zero-order chi connectivity index (χ0) is 21.0. The van der Waals surface area contributed by atoms with Gasteiger partial charge in [-0.15, -0.1) is 11.3 Å².